The van der Waals surface area contributed by atoms with Gasteiger partial charge >= 0.3 is 0 Å². The van der Waals surface area contributed by atoms with E-state index in [9.17, 15) is 4.79 Å². The van der Waals surface area contributed by atoms with Crippen LogP contribution in [0.5, 0.6) is 5.75 Å². The van der Waals surface area contributed by atoms with E-state index in [4.69, 9.17) is 16.3 Å². The third-order valence-electron chi connectivity index (χ3n) is 2.97. The summed E-state index contributed by atoms with van der Waals surface area (Å²) in [6, 6.07) is 9.69. The number of ether oxygens (including phenoxy) is 1. The summed E-state index contributed by atoms with van der Waals surface area (Å²) < 4.78 is 7.07. The number of benzene rings is 1. The molecule has 1 unspecified atom stereocenters. The van der Waals surface area contributed by atoms with Crippen LogP contribution < -0.4 is 10.3 Å². The topological polar surface area (TPSA) is 44.1 Å². The molecule has 0 radical (unpaired) electrons. The number of rotatable bonds is 4. The van der Waals surface area contributed by atoms with Gasteiger partial charge in [-0.1, -0.05) is 41.9 Å². The van der Waals surface area contributed by atoms with Crippen LogP contribution in [0.2, 0.25) is 5.02 Å². The summed E-state index contributed by atoms with van der Waals surface area (Å²) in [5.74, 6) is 0.310. The van der Waals surface area contributed by atoms with Crippen molar-refractivity contribution in [3.05, 3.63) is 57.5 Å². The third kappa shape index (κ3) is 3.02. The zero-order valence-corrected chi connectivity index (χ0v) is 12.5. The predicted molar refractivity (Wildman–Crippen MR) is 79.4 cm³/mol. The van der Waals surface area contributed by atoms with Gasteiger partial charge in [-0.3, -0.25) is 4.79 Å². The van der Waals surface area contributed by atoms with Crippen LogP contribution >= 0.6 is 11.6 Å². The highest BCUT2D eigenvalue weighted by molar-refractivity contribution is 6.31. The predicted octanol–water partition coefficient (Wildman–Crippen LogP) is 3.62. The molecule has 20 heavy (non-hydrogen) atoms. The second kappa shape index (κ2) is 6.09. The maximum atomic E-state index is 12.0. The normalized spacial score (nSPS) is 12.4. The lowest BCUT2D eigenvalue weighted by atomic mass is 10.1. The van der Waals surface area contributed by atoms with Crippen LogP contribution in [0.1, 0.15) is 38.5 Å². The Bertz CT molecular complexity index is 638. The van der Waals surface area contributed by atoms with Gasteiger partial charge in [0.2, 0.25) is 0 Å². The van der Waals surface area contributed by atoms with Crippen LogP contribution in [0.4, 0.5) is 0 Å². The minimum absolute atomic E-state index is 0.0411. The molecule has 0 spiro atoms. The van der Waals surface area contributed by atoms with E-state index in [1.807, 2.05) is 51.1 Å². The summed E-state index contributed by atoms with van der Waals surface area (Å²) in [7, 11) is 0. The standard InChI is InChI=1S/C15H17ClN2O2/c1-10(2)18-15(19)14(16)13(9-17-18)20-11(3)12-7-5-4-6-8-12/h4-11H,1-3H3. The molecule has 0 aliphatic carbocycles. The molecular weight excluding hydrogens is 276 g/mol. The molecule has 1 aromatic carbocycles. The van der Waals surface area contributed by atoms with Gasteiger partial charge in [-0.05, 0) is 26.3 Å². The Morgan fingerprint density at radius 2 is 1.85 bits per heavy atom. The number of hydrogen-bond acceptors (Lipinski definition) is 3. The summed E-state index contributed by atoms with van der Waals surface area (Å²) in [5, 5.41) is 4.15. The highest BCUT2D eigenvalue weighted by Crippen LogP contribution is 2.25. The Balaban J connectivity index is 2.27. The lowest BCUT2D eigenvalue weighted by Gasteiger charge is -2.16. The molecule has 0 fully saturated rings. The van der Waals surface area contributed by atoms with Crippen LogP contribution in [0.15, 0.2) is 41.3 Å². The fraction of sp³-hybridized carbons (Fsp3) is 0.333. The maximum Gasteiger partial charge on any atom is 0.289 e. The maximum absolute atomic E-state index is 12.0. The van der Waals surface area contributed by atoms with Crippen molar-refractivity contribution in [1.82, 2.24) is 9.78 Å². The van der Waals surface area contributed by atoms with Gasteiger partial charge in [0.15, 0.2) is 10.8 Å². The van der Waals surface area contributed by atoms with E-state index in [-0.39, 0.29) is 22.7 Å². The minimum Gasteiger partial charge on any atom is -0.483 e. The molecule has 0 saturated heterocycles. The van der Waals surface area contributed by atoms with Crippen molar-refractivity contribution in [1.29, 1.82) is 0 Å². The van der Waals surface area contributed by atoms with Gasteiger partial charge in [0.05, 0.1) is 12.2 Å². The molecule has 1 atom stereocenters. The first-order chi connectivity index (χ1) is 9.50. The molecule has 0 aliphatic heterocycles. The van der Waals surface area contributed by atoms with E-state index in [0.29, 0.717) is 5.75 Å². The van der Waals surface area contributed by atoms with Gasteiger partial charge in [-0.2, -0.15) is 5.10 Å². The summed E-state index contributed by atoms with van der Waals surface area (Å²) in [4.78, 5) is 12.0. The molecular formula is C15H17ClN2O2. The van der Waals surface area contributed by atoms with Gasteiger partial charge in [-0.15, -0.1) is 0 Å². The van der Waals surface area contributed by atoms with Crippen molar-refractivity contribution in [3.8, 4) is 5.75 Å². The highest BCUT2D eigenvalue weighted by Gasteiger charge is 2.15. The first kappa shape index (κ1) is 14.6. The van der Waals surface area contributed by atoms with Crippen molar-refractivity contribution in [2.45, 2.75) is 32.9 Å². The summed E-state index contributed by atoms with van der Waals surface area (Å²) in [5.41, 5.74) is 0.677. The molecule has 0 aliphatic rings. The SMILES string of the molecule is CC(Oc1cnn(C(C)C)c(=O)c1Cl)c1ccccc1. The van der Waals surface area contributed by atoms with Crippen molar-refractivity contribution in [2.75, 3.05) is 0 Å². The lowest BCUT2D eigenvalue weighted by Crippen LogP contribution is -2.25. The van der Waals surface area contributed by atoms with Gasteiger partial charge in [0.25, 0.3) is 5.56 Å². The van der Waals surface area contributed by atoms with Crippen LogP contribution in [0.3, 0.4) is 0 Å². The first-order valence-corrected chi connectivity index (χ1v) is 6.87. The zero-order valence-electron chi connectivity index (χ0n) is 11.7. The minimum atomic E-state index is -0.334. The van der Waals surface area contributed by atoms with Gasteiger partial charge in [0, 0.05) is 0 Å². The first-order valence-electron chi connectivity index (χ1n) is 6.49. The number of halogens is 1. The van der Waals surface area contributed by atoms with Crippen LogP contribution in [0.25, 0.3) is 0 Å². The molecule has 0 amide bonds. The third-order valence-corrected chi connectivity index (χ3v) is 3.32. The van der Waals surface area contributed by atoms with Gasteiger partial charge in [0.1, 0.15) is 6.10 Å². The average Bonchev–Trinajstić information content (AvgIpc) is 2.44. The molecule has 106 valence electrons. The fourth-order valence-electron chi connectivity index (χ4n) is 1.86. The Morgan fingerprint density at radius 1 is 1.20 bits per heavy atom. The average molecular weight is 293 g/mol. The molecule has 0 saturated carbocycles. The van der Waals surface area contributed by atoms with Crippen molar-refractivity contribution in [3.63, 3.8) is 0 Å². The van der Waals surface area contributed by atoms with E-state index in [0.717, 1.165) is 5.56 Å². The Kier molecular flexibility index (Phi) is 4.45. The van der Waals surface area contributed by atoms with E-state index < -0.39 is 0 Å². The molecule has 1 aromatic heterocycles. The smallest absolute Gasteiger partial charge is 0.289 e. The van der Waals surface area contributed by atoms with Crippen molar-refractivity contribution in [2.24, 2.45) is 0 Å². The highest BCUT2D eigenvalue weighted by atomic mass is 35.5. The van der Waals surface area contributed by atoms with Crippen molar-refractivity contribution < 1.29 is 4.74 Å². The molecule has 4 nitrogen and oxygen atoms in total. The molecule has 0 bridgehead atoms. The molecule has 2 aromatic rings. The zero-order chi connectivity index (χ0) is 14.7. The number of hydrogen-bond donors (Lipinski definition) is 0. The number of nitrogens with zero attached hydrogens (tertiary/aromatic N) is 2. The second-order valence-corrected chi connectivity index (χ2v) is 5.22. The monoisotopic (exact) mass is 292 g/mol. The van der Waals surface area contributed by atoms with E-state index in [1.54, 1.807) is 0 Å². The van der Waals surface area contributed by atoms with Crippen LogP contribution in [0, 0.1) is 0 Å². The molecule has 5 heteroatoms. The van der Waals surface area contributed by atoms with E-state index in [1.165, 1.54) is 10.9 Å². The molecule has 2 rings (SSSR count). The molecule has 0 N–H and O–H groups in total. The summed E-state index contributed by atoms with van der Waals surface area (Å²) >= 11 is 6.08. The van der Waals surface area contributed by atoms with Gasteiger partial charge in [-0.25, -0.2) is 4.68 Å². The Hall–Kier alpha value is -1.81. The van der Waals surface area contributed by atoms with Crippen LogP contribution in [-0.2, 0) is 0 Å². The summed E-state index contributed by atoms with van der Waals surface area (Å²) in [6.07, 6.45) is 1.29. The molecule has 1 heterocycles. The van der Waals surface area contributed by atoms with E-state index >= 15 is 0 Å². The Morgan fingerprint density at radius 3 is 2.45 bits per heavy atom. The van der Waals surface area contributed by atoms with E-state index in [2.05, 4.69) is 5.10 Å². The van der Waals surface area contributed by atoms with Gasteiger partial charge < -0.3 is 4.74 Å². The quantitative estimate of drug-likeness (QED) is 0.864. The second-order valence-electron chi connectivity index (χ2n) is 4.84. The largest absolute Gasteiger partial charge is 0.483 e. The Labute approximate surface area is 123 Å². The summed E-state index contributed by atoms with van der Waals surface area (Å²) in [6.45, 7) is 5.65. The fourth-order valence-corrected chi connectivity index (χ4v) is 2.04. The van der Waals surface area contributed by atoms with Crippen molar-refractivity contribution >= 4 is 11.6 Å². The lowest BCUT2D eigenvalue weighted by molar-refractivity contribution is 0.224. The van der Waals surface area contributed by atoms with Crippen LogP contribution in [-0.4, -0.2) is 9.78 Å². The number of aromatic nitrogens is 2.